The van der Waals surface area contributed by atoms with Gasteiger partial charge in [0, 0.05) is 14.9 Å². The molecule has 1 rings (SSSR count). The first-order chi connectivity index (χ1) is 7.54. The molecule has 1 aromatic rings. The highest BCUT2D eigenvalue weighted by Crippen LogP contribution is 2.36. The molecule has 0 aliphatic heterocycles. The molecule has 1 aromatic carbocycles. The van der Waals surface area contributed by atoms with Gasteiger partial charge in [-0.15, -0.1) is 0 Å². The van der Waals surface area contributed by atoms with Gasteiger partial charge < -0.3 is 4.74 Å². The third kappa shape index (κ3) is 4.10. The SMILES string of the molecule is COc1ccc(Br)cc1C(Br)CCC(C)C. The molecule has 0 aromatic heterocycles. The van der Waals surface area contributed by atoms with E-state index in [9.17, 15) is 0 Å². The molecule has 0 fully saturated rings. The Labute approximate surface area is 115 Å². The van der Waals surface area contributed by atoms with Crippen molar-refractivity contribution in [3.8, 4) is 5.75 Å². The Morgan fingerprint density at radius 2 is 1.94 bits per heavy atom. The van der Waals surface area contributed by atoms with Gasteiger partial charge in [-0.2, -0.15) is 0 Å². The Kier molecular flexibility index (Phi) is 5.84. The number of halogens is 2. The molecule has 90 valence electrons. The number of hydrogen-bond donors (Lipinski definition) is 0. The Morgan fingerprint density at radius 3 is 2.50 bits per heavy atom. The Balaban J connectivity index is 2.80. The van der Waals surface area contributed by atoms with E-state index < -0.39 is 0 Å². The molecule has 0 saturated heterocycles. The van der Waals surface area contributed by atoms with E-state index in [-0.39, 0.29) is 0 Å². The summed E-state index contributed by atoms with van der Waals surface area (Å²) in [5.74, 6) is 1.69. The summed E-state index contributed by atoms with van der Waals surface area (Å²) < 4.78 is 6.47. The van der Waals surface area contributed by atoms with Crippen LogP contribution in [0.15, 0.2) is 22.7 Å². The van der Waals surface area contributed by atoms with Crippen molar-refractivity contribution in [1.82, 2.24) is 0 Å². The predicted octanol–water partition coefficient (Wildman–Crippen LogP) is 5.33. The Hall–Kier alpha value is -0.0200. The minimum atomic E-state index is 0.363. The van der Waals surface area contributed by atoms with Gasteiger partial charge in [0.15, 0.2) is 0 Å². The van der Waals surface area contributed by atoms with E-state index in [1.54, 1.807) is 7.11 Å². The summed E-state index contributed by atoms with van der Waals surface area (Å²) in [4.78, 5) is 0.363. The first-order valence-corrected chi connectivity index (χ1v) is 7.23. The van der Waals surface area contributed by atoms with Crippen LogP contribution in [0.4, 0.5) is 0 Å². The second-order valence-electron chi connectivity index (χ2n) is 4.33. The zero-order chi connectivity index (χ0) is 12.1. The number of rotatable bonds is 5. The van der Waals surface area contributed by atoms with Gasteiger partial charge in [-0.05, 0) is 37.0 Å². The summed E-state index contributed by atoms with van der Waals surface area (Å²) in [6.45, 7) is 4.50. The Bertz CT molecular complexity index is 337. The average Bonchev–Trinajstić information content (AvgIpc) is 2.25. The predicted molar refractivity (Wildman–Crippen MR) is 76.4 cm³/mol. The van der Waals surface area contributed by atoms with Crippen LogP contribution in [-0.4, -0.2) is 7.11 Å². The molecular formula is C13H18Br2O. The van der Waals surface area contributed by atoms with E-state index in [0.29, 0.717) is 4.83 Å². The van der Waals surface area contributed by atoms with E-state index in [1.807, 2.05) is 12.1 Å². The van der Waals surface area contributed by atoms with Crippen molar-refractivity contribution < 1.29 is 4.74 Å². The van der Waals surface area contributed by atoms with Gasteiger partial charge in [0.1, 0.15) is 5.75 Å². The van der Waals surface area contributed by atoms with Gasteiger partial charge in [0.2, 0.25) is 0 Å². The first kappa shape index (κ1) is 14.0. The zero-order valence-corrected chi connectivity index (χ0v) is 13.1. The molecule has 0 bridgehead atoms. The highest BCUT2D eigenvalue weighted by Gasteiger charge is 2.13. The average molecular weight is 350 g/mol. The van der Waals surface area contributed by atoms with E-state index in [0.717, 1.165) is 22.6 Å². The summed E-state index contributed by atoms with van der Waals surface area (Å²) in [5, 5.41) is 0. The van der Waals surface area contributed by atoms with Crippen LogP contribution in [0.25, 0.3) is 0 Å². The molecule has 1 nitrogen and oxygen atoms in total. The van der Waals surface area contributed by atoms with Crippen LogP contribution < -0.4 is 4.74 Å². The molecule has 1 unspecified atom stereocenters. The van der Waals surface area contributed by atoms with E-state index in [2.05, 4.69) is 51.8 Å². The van der Waals surface area contributed by atoms with Crippen molar-refractivity contribution in [2.75, 3.05) is 7.11 Å². The number of methoxy groups -OCH3 is 1. The lowest BCUT2D eigenvalue weighted by atomic mass is 10.0. The van der Waals surface area contributed by atoms with Crippen molar-refractivity contribution in [1.29, 1.82) is 0 Å². The van der Waals surface area contributed by atoms with Crippen molar-refractivity contribution in [3.05, 3.63) is 28.2 Å². The van der Waals surface area contributed by atoms with Gasteiger partial charge in [-0.25, -0.2) is 0 Å². The monoisotopic (exact) mass is 348 g/mol. The zero-order valence-electron chi connectivity index (χ0n) is 9.97. The van der Waals surface area contributed by atoms with Crippen LogP contribution in [-0.2, 0) is 0 Å². The van der Waals surface area contributed by atoms with Gasteiger partial charge in [-0.1, -0.05) is 45.7 Å². The molecule has 0 radical (unpaired) electrons. The second-order valence-corrected chi connectivity index (χ2v) is 6.35. The minimum absolute atomic E-state index is 0.363. The van der Waals surface area contributed by atoms with Crippen LogP contribution in [0.1, 0.15) is 37.1 Å². The summed E-state index contributed by atoms with van der Waals surface area (Å²) in [6.07, 6.45) is 2.34. The van der Waals surface area contributed by atoms with Crippen molar-refractivity contribution in [2.24, 2.45) is 5.92 Å². The van der Waals surface area contributed by atoms with Gasteiger partial charge in [0.25, 0.3) is 0 Å². The molecule has 3 heteroatoms. The molecule has 1 atom stereocenters. The second kappa shape index (κ2) is 6.65. The molecule has 0 aliphatic carbocycles. The van der Waals surface area contributed by atoms with Crippen LogP contribution in [0.3, 0.4) is 0 Å². The fraction of sp³-hybridized carbons (Fsp3) is 0.538. The van der Waals surface area contributed by atoms with Gasteiger partial charge >= 0.3 is 0 Å². The minimum Gasteiger partial charge on any atom is -0.496 e. The third-order valence-corrected chi connectivity index (χ3v) is 3.97. The lowest BCUT2D eigenvalue weighted by molar-refractivity contribution is 0.407. The summed E-state index contributed by atoms with van der Waals surface area (Å²) >= 11 is 7.24. The van der Waals surface area contributed by atoms with Crippen LogP contribution >= 0.6 is 31.9 Å². The highest BCUT2D eigenvalue weighted by atomic mass is 79.9. The fourth-order valence-electron chi connectivity index (χ4n) is 1.59. The first-order valence-electron chi connectivity index (χ1n) is 5.52. The maximum Gasteiger partial charge on any atom is 0.123 e. The lowest BCUT2D eigenvalue weighted by Crippen LogP contribution is -1.97. The van der Waals surface area contributed by atoms with E-state index in [1.165, 1.54) is 12.0 Å². The van der Waals surface area contributed by atoms with Gasteiger partial charge in [-0.3, -0.25) is 0 Å². The van der Waals surface area contributed by atoms with Crippen molar-refractivity contribution >= 4 is 31.9 Å². The van der Waals surface area contributed by atoms with Crippen LogP contribution in [0.5, 0.6) is 5.75 Å². The van der Waals surface area contributed by atoms with E-state index >= 15 is 0 Å². The quantitative estimate of drug-likeness (QED) is 0.653. The standard InChI is InChI=1S/C13H18Br2O/c1-9(2)4-6-12(15)11-8-10(14)5-7-13(11)16-3/h5,7-9,12H,4,6H2,1-3H3. The summed E-state index contributed by atoms with van der Waals surface area (Å²) in [7, 11) is 1.72. The highest BCUT2D eigenvalue weighted by molar-refractivity contribution is 9.10. The molecule has 0 amide bonds. The molecule has 0 spiro atoms. The Morgan fingerprint density at radius 1 is 1.25 bits per heavy atom. The number of benzene rings is 1. The smallest absolute Gasteiger partial charge is 0.123 e. The molecule has 0 N–H and O–H groups in total. The largest absolute Gasteiger partial charge is 0.496 e. The van der Waals surface area contributed by atoms with Crippen molar-refractivity contribution in [3.63, 3.8) is 0 Å². The summed E-state index contributed by atoms with van der Waals surface area (Å²) in [6, 6.07) is 6.13. The number of hydrogen-bond acceptors (Lipinski definition) is 1. The van der Waals surface area contributed by atoms with E-state index in [4.69, 9.17) is 4.74 Å². The fourth-order valence-corrected chi connectivity index (χ4v) is 2.59. The number of ether oxygens (including phenoxy) is 1. The molecule has 0 saturated carbocycles. The summed E-state index contributed by atoms with van der Waals surface area (Å²) in [5.41, 5.74) is 1.22. The normalized spacial score (nSPS) is 12.9. The van der Waals surface area contributed by atoms with Crippen LogP contribution in [0, 0.1) is 5.92 Å². The maximum absolute atomic E-state index is 5.38. The number of alkyl halides is 1. The lowest BCUT2D eigenvalue weighted by Gasteiger charge is -2.15. The molecule has 0 heterocycles. The third-order valence-electron chi connectivity index (χ3n) is 2.53. The van der Waals surface area contributed by atoms with Crippen molar-refractivity contribution in [2.45, 2.75) is 31.5 Å². The molecule has 16 heavy (non-hydrogen) atoms. The topological polar surface area (TPSA) is 9.23 Å². The van der Waals surface area contributed by atoms with Gasteiger partial charge in [0.05, 0.1) is 7.11 Å². The maximum atomic E-state index is 5.38. The van der Waals surface area contributed by atoms with Crippen LogP contribution in [0.2, 0.25) is 0 Å². The molecular weight excluding hydrogens is 332 g/mol. The molecule has 0 aliphatic rings.